The predicted molar refractivity (Wildman–Crippen MR) is 85.5 cm³/mol. The minimum Gasteiger partial charge on any atom is -0.496 e. The van der Waals surface area contributed by atoms with Gasteiger partial charge in [0.15, 0.2) is 0 Å². The Balaban J connectivity index is 2.30. The smallest absolute Gasteiger partial charge is 0.128 e. The van der Waals surface area contributed by atoms with E-state index in [9.17, 15) is 0 Å². The van der Waals surface area contributed by atoms with Gasteiger partial charge in [-0.25, -0.2) is 0 Å². The standard InChI is InChI=1S/C16H16N2OS/c1-9-6-12(14(19-3)7-10(9)2)16-13-8-11(17)4-5-15(13)20-18-16/h4-8H,17H2,1-3H3. The molecule has 0 aliphatic rings. The SMILES string of the molecule is COc1cc(C)c(C)cc1-c1nsc2ccc(N)cc12. The zero-order valence-corrected chi connectivity index (χ0v) is 12.5. The van der Waals surface area contributed by atoms with Crippen LogP contribution >= 0.6 is 11.5 Å². The molecule has 0 spiro atoms. The molecule has 2 aromatic carbocycles. The second-order valence-electron chi connectivity index (χ2n) is 4.92. The number of nitrogen functional groups attached to an aromatic ring is 1. The lowest BCUT2D eigenvalue weighted by molar-refractivity contribution is 0.416. The van der Waals surface area contributed by atoms with Crippen LogP contribution in [0.5, 0.6) is 5.75 Å². The summed E-state index contributed by atoms with van der Waals surface area (Å²) in [6.45, 7) is 4.18. The highest BCUT2D eigenvalue weighted by Crippen LogP contribution is 2.38. The Morgan fingerprint density at radius 3 is 2.60 bits per heavy atom. The van der Waals surface area contributed by atoms with Crippen molar-refractivity contribution in [3.8, 4) is 17.0 Å². The number of nitrogens with two attached hydrogens (primary N) is 1. The molecule has 102 valence electrons. The maximum atomic E-state index is 5.90. The number of aryl methyl sites for hydroxylation is 2. The largest absolute Gasteiger partial charge is 0.496 e. The van der Waals surface area contributed by atoms with Crippen LogP contribution < -0.4 is 10.5 Å². The van der Waals surface area contributed by atoms with Crippen LogP contribution in [0.25, 0.3) is 21.3 Å². The van der Waals surface area contributed by atoms with E-state index in [0.717, 1.165) is 32.8 Å². The van der Waals surface area contributed by atoms with Crippen molar-refractivity contribution in [3.63, 3.8) is 0 Å². The summed E-state index contributed by atoms with van der Waals surface area (Å²) >= 11 is 1.49. The molecule has 0 saturated heterocycles. The fourth-order valence-electron chi connectivity index (χ4n) is 2.29. The third-order valence-electron chi connectivity index (χ3n) is 3.56. The summed E-state index contributed by atoms with van der Waals surface area (Å²) in [7, 11) is 1.69. The summed E-state index contributed by atoms with van der Waals surface area (Å²) in [5.74, 6) is 0.850. The molecular weight excluding hydrogens is 268 g/mol. The van der Waals surface area contributed by atoms with Crippen LogP contribution in [-0.2, 0) is 0 Å². The zero-order chi connectivity index (χ0) is 14.3. The number of methoxy groups -OCH3 is 1. The summed E-state index contributed by atoms with van der Waals surface area (Å²) in [6, 6.07) is 10.1. The molecule has 3 rings (SSSR count). The van der Waals surface area contributed by atoms with E-state index in [1.54, 1.807) is 7.11 Å². The Labute approximate surface area is 122 Å². The summed E-state index contributed by atoms with van der Waals surface area (Å²) < 4.78 is 11.2. The molecule has 0 fully saturated rings. The fourth-order valence-corrected chi connectivity index (χ4v) is 3.06. The molecule has 0 amide bonds. The lowest BCUT2D eigenvalue weighted by Gasteiger charge is -2.10. The molecule has 3 nitrogen and oxygen atoms in total. The van der Waals surface area contributed by atoms with E-state index < -0.39 is 0 Å². The van der Waals surface area contributed by atoms with Crippen LogP contribution in [0.15, 0.2) is 30.3 Å². The number of nitrogens with zero attached hydrogens (tertiary/aromatic N) is 1. The molecule has 20 heavy (non-hydrogen) atoms. The third kappa shape index (κ3) is 2.02. The third-order valence-corrected chi connectivity index (χ3v) is 4.39. The second-order valence-corrected chi connectivity index (χ2v) is 5.73. The molecule has 0 saturated carbocycles. The second kappa shape index (κ2) is 4.80. The van der Waals surface area contributed by atoms with Crippen molar-refractivity contribution in [1.29, 1.82) is 0 Å². The number of aromatic nitrogens is 1. The number of ether oxygens (including phenoxy) is 1. The van der Waals surface area contributed by atoms with Crippen molar-refractivity contribution in [2.75, 3.05) is 12.8 Å². The van der Waals surface area contributed by atoms with Gasteiger partial charge in [0.1, 0.15) is 5.75 Å². The van der Waals surface area contributed by atoms with Crippen LogP contribution in [0, 0.1) is 13.8 Å². The zero-order valence-electron chi connectivity index (χ0n) is 11.7. The normalized spacial score (nSPS) is 10.9. The summed E-state index contributed by atoms with van der Waals surface area (Å²) in [5, 5.41) is 1.08. The molecule has 1 heterocycles. The molecule has 0 unspecified atom stereocenters. The average Bonchev–Trinajstić information content (AvgIpc) is 2.84. The van der Waals surface area contributed by atoms with Gasteiger partial charge in [-0.3, -0.25) is 0 Å². The van der Waals surface area contributed by atoms with Crippen molar-refractivity contribution in [3.05, 3.63) is 41.5 Å². The van der Waals surface area contributed by atoms with Gasteiger partial charge >= 0.3 is 0 Å². The molecule has 0 aliphatic carbocycles. The molecule has 0 bridgehead atoms. The number of anilines is 1. The van der Waals surface area contributed by atoms with Crippen LogP contribution in [0.4, 0.5) is 5.69 Å². The Hall–Kier alpha value is -2.07. The van der Waals surface area contributed by atoms with Crippen LogP contribution in [0.2, 0.25) is 0 Å². The molecule has 2 N–H and O–H groups in total. The number of rotatable bonds is 2. The number of hydrogen-bond acceptors (Lipinski definition) is 4. The first kappa shape index (κ1) is 12.9. The summed E-state index contributed by atoms with van der Waals surface area (Å²) in [4.78, 5) is 0. The van der Waals surface area contributed by atoms with E-state index >= 15 is 0 Å². The molecule has 4 heteroatoms. The Morgan fingerprint density at radius 1 is 1.10 bits per heavy atom. The Kier molecular flexibility index (Phi) is 3.10. The van der Waals surface area contributed by atoms with E-state index in [-0.39, 0.29) is 0 Å². The van der Waals surface area contributed by atoms with E-state index in [0.29, 0.717) is 0 Å². The maximum absolute atomic E-state index is 5.90. The van der Waals surface area contributed by atoms with Crippen LogP contribution in [0.1, 0.15) is 11.1 Å². The van der Waals surface area contributed by atoms with Gasteiger partial charge in [0.2, 0.25) is 0 Å². The number of fused-ring (bicyclic) bond motifs is 1. The summed E-state index contributed by atoms with van der Waals surface area (Å²) in [6.07, 6.45) is 0. The maximum Gasteiger partial charge on any atom is 0.128 e. The lowest BCUT2D eigenvalue weighted by atomic mass is 10.0. The minimum atomic E-state index is 0.752. The topological polar surface area (TPSA) is 48.1 Å². The molecule has 0 aliphatic heterocycles. The van der Waals surface area contributed by atoms with Gasteiger partial charge in [0.05, 0.1) is 17.5 Å². The first-order chi connectivity index (χ1) is 9.60. The van der Waals surface area contributed by atoms with Gasteiger partial charge in [-0.2, -0.15) is 4.37 Å². The summed E-state index contributed by atoms with van der Waals surface area (Å²) in [5.41, 5.74) is 11.1. The highest BCUT2D eigenvalue weighted by Gasteiger charge is 2.14. The molecule has 0 radical (unpaired) electrons. The number of benzene rings is 2. The van der Waals surface area contributed by atoms with Crippen molar-refractivity contribution in [2.45, 2.75) is 13.8 Å². The number of hydrogen-bond donors (Lipinski definition) is 1. The quantitative estimate of drug-likeness (QED) is 0.718. The molecule has 0 atom stereocenters. The molecular formula is C16H16N2OS. The lowest BCUT2D eigenvalue weighted by Crippen LogP contribution is -1.92. The van der Waals surface area contributed by atoms with Gasteiger partial charge < -0.3 is 10.5 Å². The Morgan fingerprint density at radius 2 is 1.85 bits per heavy atom. The van der Waals surface area contributed by atoms with Gasteiger partial charge in [-0.1, -0.05) is 0 Å². The highest BCUT2D eigenvalue weighted by atomic mass is 32.1. The van der Waals surface area contributed by atoms with E-state index in [1.807, 2.05) is 18.2 Å². The van der Waals surface area contributed by atoms with Crippen LogP contribution in [-0.4, -0.2) is 11.5 Å². The van der Waals surface area contributed by atoms with E-state index in [2.05, 4.69) is 30.4 Å². The van der Waals surface area contributed by atoms with Crippen molar-refractivity contribution in [1.82, 2.24) is 4.37 Å². The van der Waals surface area contributed by atoms with Crippen LogP contribution in [0.3, 0.4) is 0 Å². The first-order valence-electron chi connectivity index (χ1n) is 6.40. The first-order valence-corrected chi connectivity index (χ1v) is 7.18. The van der Waals surface area contributed by atoms with Gasteiger partial charge in [0.25, 0.3) is 0 Å². The van der Waals surface area contributed by atoms with Crippen molar-refractivity contribution >= 4 is 27.3 Å². The van der Waals surface area contributed by atoms with Gasteiger partial charge in [0, 0.05) is 16.6 Å². The van der Waals surface area contributed by atoms with Gasteiger partial charge in [-0.05, 0) is 66.8 Å². The predicted octanol–water partition coefficient (Wildman–Crippen LogP) is 4.17. The Bertz CT molecular complexity index is 793. The highest BCUT2D eigenvalue weighted by molar-refractivity contribution is 7.13. The van der Waals surface area contributed by atoms with Crippen molar-refractivity contribution in [2.24, 2.45) is 0 Å². The van der Waals surface area contributed by atoms with E-state index in [1.165, 1.54) is 22.7 Å². The van der Waals surface area contributed by atoms with Crippen molar-refractivity contribution < 1.29 is 4.74 Å². The average molecular weight is 284 g/mol. The minimum absolute atomic E-state index is 0.752. The molecule has 1 aromatic heterocycles. The fraction of sp³-hybridized carbons (Fsp3) is 0.188. The monoisotopic (exact) mass is 284 g/mol. The van der Waals surface area contributed by atoms with E-state index in [4.69, 9.17) is 10.5 Å². The molecule has 3 aromatic rings. The van der Waals surface area contributed by atoms with Gasteiger partial charge in [-0.15, -0.1) is 0 Å².